The van der Waals surface area contributed by atoms with Gasteiger partial charge in [-0.15, -0.1) is 0 Å². The number of hydrogen-bond donors (Lipinski definition) is 0. The normalized spacial score (nSPS) is 10.7. The van der Waals surface area contributed by atoms with Gasteiger partial charge in [-0.2, -0.15) is 0 Å². The van der Waals surface area contributed by atoms with Gasteiger partial charge in [0.25, 0.3) is 0 Å². The van der Waals surface area contributed by atoms with Crippen LogP contribution in [0.4, 0.5) is 0 Å². The molecular weight excluding hydrogens is 256 g/mol. The first kappa shape index (κ1) is 12.0. The molecule has 0 saturated heterocycles. The second kappa shape index (κ2) is 4.65. The van der Waals surface area contributed by atoms with Gasteiger partial charge in [-0.3, -0.25) is 0 Å². The van der Waals surface area contributed by atoms with Crippen molar-refractivity contribution in [2.75, 3.05) is 0 Å². The van der Waals surface area contributed by atoms with Gasteiger partial charge in [-0.05, 0) is 32.9 Å². The van der Waals surface area contributed by atoms with Crippen molar-refractivity contribution in [1.82, 2.24) is 0 Å². The number of benzene rings is 1. The molecule has 1 aromatic carbocycles. The highest BCUT2D eigenvalue weighted by Crippen LogP contribution is 2.22. The smallest absolute Gasteiger partial charge is 0.211 e. The summed E-state index contributed by atoms with van der Waals surface area (Å²) in [6.07, 6.45) is 0. The topological polar surface area (TPSA) is 26.3 Å². The van der Waals surface area contributed by atoms with Gasteiger partial charge in [0, 0.05) is 10.0 Å². The molecule has 0 aliphatic rings. The van der Waals surface area contributed by atoms with Crippen LogP contribution in [0.1, 0.15) is 26.3 Å². The molecule has 0 aliphatic heterocycles. The standard InChI is InChI=1S/C12H13BrO2/c1-12(2,3)15-11(8-14)9-5-4-6-10(13)7-9/h4-7H,1-3H3. The van der Waals surface area contributed by atoms with Crippen molar-refractivity contribution in [2.24, 2.45) is 0 Å². The van der Waals surface area contributed by atoms with Gasteiger partial charge in [0.15, 0.2) is 5.94 Å². The van der Waals surface area contributed by atoms with Crippen LogP contribution in [0.25, 0.3) is 5.76 Å². The van der Waals surface area contributed by atoms with Gasteiger partial charge in [-0.25, -0.2) is 4.79 Å². The molecule has 0 heterocycles. The SMILES string of the molecule is CC(C)(C)OC(=C=O)c1cccc(Br)c1. The van der Waals surface area contributed by atoms with Crippen molar-refractivity contribution >= 4 is 27.6 Å². The van der Waals surface area contributed by atoms with Crippen molar-refractivity contribution in [3.63, 3.8) is 0 Å². The molecule has 0 saturated carbocycles. The highest BCUT2D eigenvalue weighted by Gasteiger charge is 2.15. The Morgan fingerprint density at radius 3 is 2.53 bits per heavy atom. The van der Waals surface area contributed by atoms with E-state index in [9.17, 15) is 4.79 Å². The summed E-state index contributed by atoms with van der Waals surface area (Å²) in [5.41, 5.74) is 0.337. The predicted octanol–water partition coefficient (Wildman–Crippen LogP) is 3.44. The lowest BCUT2D eigenvalue weighted by Gasteiger charge is -2.21. The van der Waals surface area contributed by atoms with Crippen molar-refractivity contribution in [3.8, 4) is 0 Å². The first-order valence-corrected chi connectivity index (χ1v) is 5.42. The maximum Gasteiger partial charge on any atom is 0.211 e. The van der Waals surface area contributed by atoms with Crippen LogP contribution in [0.15, 0.2) is 28.7 Å². The van der Waals surface area contributed by atoms with Crippen molar-refractivity contribution in [3.05, 3.63) is 34.3 Å². The molecule has 0 atom stereocenters. The first-order chi connectivity index (χ1) is 6.92. The lowest BCUT2D eigenvalue weighted by atomic mass is 10.1. The molecule has 0 radical (unpaired) electrons. The van der Waals surface area contributed by atoms with Crippen LogP contribution in [-0.4, -0.2) is 11.5 Å². The van der Waals surface area contributed by atoms with Crippen LogP contribution >= 0.6 is 15.9 Å². The number of carbonyl (C=O) groups excluding carboxylic acids is 1. The van der Waals surface area contributed by atoms with E-state index in [2.05, 4.69) is 15.9 Å². The maximum absolute atomic E-state index is 10.8. The molecule has 0 bridgehead atoms. The summed E-state index contributed by atoms with van der Waals surface area (Å²) in [5, 5.41) is 0. The average molecular weight is 269 g/mol. The van der Waals surface area contributed by atoms with Crippen molar-refractivity contribution in [1.29, 1.82) is 0 Å². The molecule has 0 unspecified atom stereocenters. The Hall–Kier alpha value is -1.05. The zero-order valence-electron chi connectivity index (χ0n) is 9.00. The number of ether oxygens (including phenoxy) is 1. The summed E-state index contributed by atoms with van der Waals surface area (Å²) in [7, 11) is 0. The summed E-state index contributed by atoms with van der Waals surface area (Å²) in [6, 6.07) is 7.38. The summed E-state index contributed by atoms with van der Waals surface area (Å²) >= 11 is 3.34. The molecule has 3 heteroatoms. The van der Waals surface area contributed by atoms with Gasteiger partial charge in [0.1, 0.15) is 5.60 Å². The highest BCUT2D eigenvalue weighted by molar-refractivity contribution is 9.10. The molecule has 0 N–H and O–H groups in total. The van der Waals surface area contributed by atoms with E-state index < -0.39 is 5.60 Å². The Morgan fingerprint density at radius 1 is 1.40 bits per heavy atom. The first-order valence-electron chi connectivity index (χ1n) is 4.62. The highest BCUT2D eigenvalue weighted by atomic mass is 79.9. The molecule has 1 rings (SSSR count). The minimum Gasteiger partial charge on any atom is -0.477 e. The molecule has 80 valence electrons. The molecule has 0 aromatic heterocycles. The zero-order chi connectivity index (χ0) is 11.5. The molecule has 2 nitrogen and oxygen atoms in total. The predicted molar refractivity (Wildman–Crippen MR) is 64.1 cm³/mol. The van der Waals surface area contributed by atoms with E-state index in [-0.39, 0.29) is 5.76 Å². The monoisotopic (exact) mass is 268 g/mol. The number of rotatable bonds is 2. The molecular formula is C12H13BrO2. The fourth-order valence-corrected chi connectivity index (χ4v) is 1.47. The fraction of sp³-hybridized carbons (Fsp3) is 0.333. The van der Waals surface area contributed by atoms with Gasteiger partial charge in [0.2, 0.25) is 5.76 Å². The summed E-state index contributed by atoms with van der Waals surface area (Å²) < 4.78 is 6.41. The van der Waals surface area contributed by atoms with Gasteiger partial charge in [0.05, 0.1) is 0 Å². The Morgan fingerprint density at radius 2 is 2.07 bits per heavy atom. The van der Waals surface area contributed by atoms with Crippen molar-refractivity contribution < 1.29 is 9.53 Å². The van der Waals surface area contributed by atoms with E-state index in [1.165, 1.54) is 0 Å². The van der Waals surface area contributed by atoms with E-state index in [0.717, 1.165) is 10.0 Å². The van der Waals surface area contributed by atoms with E-state index in [1.807, 2.05) is 51.0 Å². The average Bonchev–Trinajstić information content (AvgIpc) is 2.13. The number of halogens is 1. The third-order valence-corrected chi connectivity index (χ3v) is 2.08. The van der Waals surface area contributed by atoms with Crippen LogP contribution in [0.2, 0.25) is 0 Å². The summed E-state index contributed by atoms with van der Waals surface area (Å²) in [4.78, 5) is 10.8. The van der Waals surface area contributed by atoms with Crippen LogP contribution in [0.5, 0.6) is 0 Å². The van der Waals surface area contributed by atoms with E-state index in [0.29, 0.717) is 0 Å². The van der Waals surface area contributed by atoms with E-state index in [1.54, 1.807) is 0 Å². The molecule has 0 fully saturated rings. The second-order valence-electron chi connectivity index (χ2n) is 4.16. The van der Waals surface area contributed by atoms with Crippen molar-refractivity contribution in [2.45, 2.75) is 26.4 Å². The quantitative estimate of drug-likeness (QED) is 0.607. The minimum atomic E-state index is -0.394. The van der Waals surface area contributed by atoms with Crippen LogP contribution < -0.4 is 0 Å². The summed E-state index contributed by atoms with van der Waals surface area (Å²) in [6.45, 7) is 5.67. The van der Waals surface area contributed by atoms with Crippen LogP contribution in [0, 0.1) is 0 Å². The maximum atomic E-state index is 10.8. The molecule has 15 heavy (non-hydrogen) atoms. The minimum absolute atomic E-state index is 0.240. The molecule has 1 aromatic rings. The zero-order valence-corrected chi connectivity index (χ0v) is 10.6. The van der Waals surface area contributed by atoms with Gasteiger partial charge >= 0.3 is 0 Å². The molecule has 0 spiro atoms. The second-order valence-corrected chi connectivity index (χ2v) is 5.07. The lowest BCUT2D eigenvalue weighted by Crippen LogP contribution is -2.18. The third-order valence-electron chi connectivity index (χ3n) is 1.59. The molecule has 0 aliphatic carbocycles. The number of hydrogen-bond acceptors (Lipinski definition) is 2. The van der Waals surface area contributed by atoms with Gasteiger partial charge < -0.3 is 4.74 Å². The lowest BCUT2D eigenvalue weighted by molar-refractivity contribution is 0.0984. The molecule has 0 amide bonds. The van der Waals surface area contributed by atoms with E-state index >= 15 is 0 Å². The van der Waals surface area contributed by atoms with Gasteiger partial charge in [-0.1, -0.05) is 28.1 Å². The fourth-order valence-electron chi connectivity index (χ4n) is 1.07. The Kier molecular flexibility index (Phi) is 3.72. The summed E-state index contributed by atoms with van der Waals surface area (Å²) in [5.74, 6) is 2.07. The van der Waals surface area contributed by atoms with E-state index in [4.69, 9.17) is 4.74 Å². The third kappa shape index (κ3) is 3.90. The van der Waals surface area contributed by atoms with Crippen LogP contribution in [0.3, 0.4) is 0 Å². The Labute approximate surface area is 98.1 Å². The largest absolute Gasteiger partial charge is 0.477 e. The van der Waals surface area contributed by atoms with Crippen LogP contribution in [-0.2, 0) is 9.53 Å². The Bertz CT molecular complexity index is 398. The Balaban J connectivity index is 3.00.